The van der Waals surface area contributed by atoms with E-state index in [1.54, 1.807) is 23.9 Å². The van der Waals surface area contributed by atoms with Crippen LogP contribution in [0.1, 0.15) is 43.7 Å². The summed E-state index contributed by atoms with van der Waals surface area (Å²) in [6, 6.07) is 4.49. The van der Waals surface area contributed by atoms with Crippen LogP contribution in [0.4, 0.5) is 0 Å². The first kappa shape index (κ1) is 26.5. The van der Waals surface area contributed by atoms with E-state index in [1.165, 1.54) is 19.3 Å². The fourth-order valence-corrected chi connectivity index (χ4v) is 6.31. The molecule has 3 aliphatic rings. The normalized spacial score (nSPS) is 19.8. The molecule has 10 nitrogen and oxygen atoms in total. The van der Waals surface area contributed by atoms with Gasteiger partial charge in [0.05, 0.1) is 25.5 Å². The van der Waals surface area contributed by atoms with Crippen LogP contribution in [0.3, 0.4) is 0 Å². The highest BCUT2D eigenvalue weighted by Crippen LogP contribution is 2.31. The summed E-state index contributed by atoms with van der Waals surface area (Å²) >= 11 is 0. The first-order valence-corrected chi connectivity index (χ1v) is 14.5. The highest BCUT2D eigenvalue weighted by molar-refractivity contribution is 5.88. The van der Waals surface area contributed by atoms with Gasteiger partial charge >= 0.3 is 0 Å². The van der Waals surface area contributed by atoms with Gasteiger partial charge in [-0.15, -0.1) is 0 Å². The van der Waals surface area contributed by atoms with Crippen molar-refractivity contribution < 1.29 is 9.53 Å². The van der Waals surface area contributed by atoms with Crippen molar-refractivity contribution in [2.45, 2.75) is 38.1 Å². The molecule has 0 aliphatic carbocycles. The van der Waals surface area contributed by atoms with Crippen LogP contribution in [0.25, 0.3) is 16.6 Å². The summed E-state index contributed by atoms with van der Waals surface area (Å²) in [6.45, 7) is 8.11. The standard InChI is InChI=1S/C30H38N8O2/c1-40-28-14-24(21-38-30(28)25(15-31)16-33-38)26-17-32-37(22-26)27-7-12-35(13-8-27)18-23-19-36(20-23)29(39)6-5-11-34-9-3-2-4-10-34/h5-6,14,16-17,21-23,27H,2-4,7-13,18-20H2,1H3/b6-5+. The van der Waals surface area contributed by atoms with Gasteiger partial charge in [-0.05, 0) is 44.8 Å². The van der Waals surface area contributed by atoms with Gasteiger partial charge in [0, 0.05) is 74.8 Å². The molecule has 0 bridgehead atoms. The average molecular weight is 543 g/mol. The van der Waals surface area contributed by atoms with E-state index in [1.807, 2.05) is 29.4 Å². The zero-order valence-corrected chi connectivity index (χ0v) is 23.3. The maximum atomic E-state index is 12.5. The number of piperidine rings is 2. The van der Waals surface area contributed by atoms with Gasteiger partial charge in [-0.2, -0.15) is 15.5 Å². The van der Waals surface area contributed by atoms with Crippen LogP contribution in [0, 0.1) is 17.2 Å². The third kappa shape index (κ3) is 5.62. The van der Waals surface area contributed by atoms with Crippen LogP contribution in [-0.4, -0.2) is 99.5 Å². The predicted molar refractivity (Wildman–Crippen MR) is 152 cm³/mol. The Morgan fingerprint density at radius 1 is 1.05 bits per heavy atom. The number of ether oxygens (including phenoxy) is 1. The van der Waals surface area contributed by atoms with Crippen molar-refractivity contribution in [1.82, 2.24) is 34.1 Å². The van der Waals surface area contributed by atoms with Crippen molar-refractivity contribution in [3.8, 4) is 22.9 Å². The zero-order chi connectivity index (χ0) is 27.5. The molecule has 0 saturated carbocycles. The van der Waals surface area contributed by atoms with E-state index in [0.29, 0.717) is 28.8 Å². The molecule has 40 heavy (non-hydrogen) atoms. The molecule has 3 aliphatic heterocycles. The first-order valence-electron chi connectivity index (χ1n) is 14.5. The number of nitrogens with zero attached hydrogens (tertiary/aromatic N) is 8. The average Bonchev–Trinajstić information content (AvgIpc) is 3.63. The Bertz CT molecular complexity index is 1400. The SMILES string of the molecule is COc1cc(-c2cnn(C3CCN(CC4CN(C(=O)/C=C/CN5CCCCC5)C4)CC3)c2)cn2ncc(C#N)c12. The lowest BCUT2D eigenvalue weighted by Crippen LogP contribution is -2.54. The van der Waals surface area contributed by atoms with E-state index in [2.05, 4.69) is 31.8 Å². The minimum Gasteiger partial charge on any atom is -0.494 e. The van der Waals surface area contributed by atoms with E-state index in [9.17, 15) is 10.1 Å². The van der Waals surface area contributed by atoms with Gasteiger partial charge in [0.25, 0.3) is 0 Å². The largest absolute Gasteiger partial charge is 0.494 e. The molecule has 0 unspecified atom stereocenters. The molecule has 6 rings (SSSR count). The molecule has 3 fully saturated rings. The highest BCUT2D eigenvalue weighted by atomic mass is 16.5. The van der Waals surface area contributed by atoms with Crippen molar-refractivity contribution in [2.75, 3.05) is 59.5 Å². The van der Waals surface area contributed by atoms with E-state index < -0.39 is 0 Å². The molecule has 3 saturated heterocycles. The Morgan fingerprint density at radius 2 is 1.85 bits per heavy atom. The summed E-state index contributed by atoms with van der Waals surface area (Å²) in [7, 11) is 1.61. The Kier molecular flexibility index (Phi) is 7.84. The number of amides is 1. The summed E-state index contributed by atoms with van der Waals surface area (Å²) in [5.41, 5.74) is 3.12. The van der Waals surface area contributed by atoms with Gasteiger partial charge in [0.15, 0.2) is 0 Å². The second kappa shape index (κ2) is 11.8. The van der Waals surface area contributed by atoms with Crippen molar-refractivity contribution >= 4 is 11.4 Å². The number of likely N-dealkylation sites (tertiary alicyclic amines) is 3. The third-order valence-corrected chi connectivity index (χ3v) is 8.64. The smallest absolute Gasteiger partial charge is 0.246 e. The van der Waals surface area contributed by atoms with E-state index in [-0.39, 0.29) is 5.91 Å². The van der Waals surface area contributed by atoms with Gasteiger partial charge in [0.1, 0.15) is 22.9 Å². The number of rotatable bonds is 8. The van der Waals surface area contributed by atoms with Crippen molar-refractivity contribution in [3.63, 3.8) is 0 Å². The Labute approximate surface area is 235 Å². The van der Waals surface area contributed by atoms with Crippen LogP contribution in [-0.2, 0) is 4.79 Å². The van der Waals surface area contributed by atoms with E-state index in [4.69, 9.17) is 9.84 Å². The number of aromatic nitrogens is 4. The molecular weight excluding hydrogens is 504 g/mol. The molecule has 3 aromatic rings. The number of pyridine rings is 1. The van der Waals surface area contributed by atoms with Gasteiger partial charge in [-0.3, -0.25) is 14.4 Å². The number of hydrogen-bond donors (Lipinski definition) is 0. The fourth-order valence-electron chi connectivity index (χ4n) is 6.31. The van der Waals surface area contributed by atoms with Crippen molar-refractivity contribution in [1.29, 1.82) is 5.26 Å². The highest BCUT2D eigenvalue weighted by Gasteiger charge is 2.32. The maximum absolute atomic E-state index is 12.5. The molecule has 210 valence electrons. The molecule has 0 radical (unpaired) electrons. The van der Waals surface area contributed by atoms with Crippen LogP contribution in [0.2, 0.25) is 0 Å². The quantitative estimate of drug-likeness (QED) is 0.404. The molecule has 0 aromatic carbocycles. The van der Waals surface area contributed by atoms with Crippen LogP contribution in [0.15, 0.2) is 43.0 Å². The summed E-state index contributed by atoms with van der Waals surface area (Å²) in [4.78, 5) is 19.5. The lowest BCUT2D eigenvalue weighted by molar-refractivity contribution is -0.132. The van der Waals surface area contributed by atoms with E-state index in [0.717, 1.165) is 76.3 Å². The number of nitriles is 1. The number of carbonyl (C=O) groups is 1. The Hall–Kier alpha value is -3.68. The van der Waals surface area contributed by atoms with Crippen LogP contribution in [0.5, 0.6) is 5.75 Å². The molecule has 6 heterocycles. The molecule has 3 aromatic heterocycles. The van der Waals surface area contributed by atoms with Gasteiger partial charge in [-0.25, -0.2) is 4.52 Å². The predicted octanol–water partition coefficient (Wildman–Crippen LogP) is 3.22. The lowest BCUT2D eigenvalue weighted by Gasteiger charge is -2.42. The summed E-state index contributed by atoms with van der Waals surface area (Å²) in [5.74, 6) is 1.36. The summed E-state index contributed by atoms with van der Waals surface area (Å²) in [5, 5.41) is 18.4. The molecule has 0 N–H and O–H groups in total. The number of carbonyl (C=O) groups excluding carboxylic acids is 1. The topological polar surface area (TPSA) is 94.9 Å². The molecule has 10 heteroatoms. The third-order valence-electron chi connectivity index (χ3n) is 8.64. The minimum atomic E-state index is 0.163. The number of fused-ring (bicyclic) bond motifs is 1. The number of methoxy groups -OCH3 is 1. The second-order valence-electron chi connectivity index (χ2n) is 11.4. The lowest BCUT2D eigenvalue weighted by atomic mass is 9.97. The van der Waals surface area contributed by atoms with Crippen LogP contribution < -0.4 is 4.74 Å². The maximum Gasteiger partial charge on any atom is 0.246 e. The fraction of sp³-hybridized carbons (Fsp3) is 0.533. The molecule has 0 spiro atoms. The van der Waals surface area contributed by atoms with Crippen LogP contribution >= 0.6 is 0 Å². The Morgan fingerprint density at radius 3 is 2.60 bits per heavy atom. The summed E-state index contributed by atoms with van der Waals surface area (Å²) < 4.78 is 9.35. The monoisotopic (exact) mass is 542 g/mol. The van der Waals surface area contributed by atoms with Gasteiger partial charge < -0.3 is 14.5 Å². The minimum absolute atomic E-state index is 0.163. The zero-order valence-electron chi connectivity index (χ0n) is 23.3. The molecular formula is C30H38N8O2. The van der Waals surface area contributed by atoms with Crippen molar-refractivity contribution in [2.24, 2.45) is 5.92 Å². The number of hydrogen-bond acceptors (Lipinski definition) is 7. The summed E-state index contributed by atoms with van der Waals surface area (Å²) in [6.07, 6.45) is 17.3. The van der Waals surface area contributed by atoms with Gasteiger partial charge in [-0.1, -0.05) is 12.5 Å². The van der Waals surface area contributed by atoms with E-state index >= 15 is 0 Å². The van der Waals surface area contributed by atoms with Crippen molar-refractivity contribution in [3.05, 3.63) is 48.6 Å². The Balaban J connectivity index is 0.968. The first-order chi connectivity index (χ1) is 19.6. The molecule has 1 amide bonds. The molecule has 0 atom stereocenters. The van der Waals surface area contributed by atoms with Gasteiger partial charge in [0.2, 0.25) is 5.91 Å². The second-order valence-corrected chi connectivity index (χ2v) is 11.4.